The Morgan fingerprint density at radius 1 is 0.889 bits per heavy atom. The normalized spacial score (nSPS) is 19.5. The maximum absolute atomic E-state index is 13.2. The maximum atomic E-state index is 13.2. The van der Waals surface area contributed by atoms with E-state index in [1.807, 2.05) is 30.0 Å². The zero-order valence-corrected chi connectivity index (χ0v) is 15.7. The number of para-hydroxylation sites is 1. The molecular weight excluding hydrogens is 338 g/mol. The molecule has 3 heterocycles. The van der Waals surface area contributed by atoms with E-state index < -0.39 is 0 Å². The van der Waals surface area contributed by atoms with Gasteiger partial charge in [-0.2, -0.15) is 0 Å². The fraction of sp³-hybridized carbons (Fsp3) is 0.409. The Hall–Kier alpha value is -2.69. The largest absolute Gasteiger partial charge is 0.337 e. The molecule has 5 heteroatoms. The van der Waals surface area contributed by atoms with Crippen LogP contribution in [-0.4, -0.2) is 40.8 Å². The van der Waals surface area contributed by atoms with E-state index in [0.29, 0.717) is 11.4 Å². The first kappa shape index (κ1) is 17.7. The molecule has 1 unspecified atom stereocenters. The number of anilines is 1. The fourth-order valence-corrected chi connectivity index (χ4v) is 4.11. The van der Waals surface area contributed by atoms with Crippen LogP contribution in [-0.2, 0) is 6.42 Å². The number of carbonyl (C=O) groups is 2. The number of likely N-dealkylation sites (tertiary alicyclic amines) is 1. The van der Waals surface area contributed by atoms with Gasteiger partial charge in [0, 0.05) is 24.8 Å². The Bertz CT molecular complexity index is 856. The van der Waals surface area contributed by atoms with Crippen molar-refractivity contribution in [3.05, 3.63) is 59.4 Å². The third kappa shape index (κ3) is 3.46. The number of rotatable bonds is 2. The standard InChI is InChI=1S/C22H25N3O2/c1-16-15-17-9-4-5-12-20(17)25(16)22(27)19-11-8-10-18(23-19)21(26)24-13-6-2-3-7-14-24/h4-5,8-12,16H,2-3,6-7,13-15H2,1H3. The molecule has 1 saturated heterocycles. The van der Waals surface area contributed by atoms with E-state index in [4.69, 9.17) is 0 Å². The lowest BCUT2D eigenvalue weighted by Crippen LogP contribution is -2.37. The summed E-state index contributed by atoms with van der Waals surface area (Å²) < 4.78 is 0. The fourth-order valence-electron chi connectivity index (χ4n) is 4.11. The Morgan fingerprint density at radius 2 is 1.56 bits per heavy atom. The van der Waals surface area contributed by atoms with Gasteiger partial charge in [0.2, 0.25) is 0 Å². The third-order valence-electron chi connectivity index (χ3n) is 5.51. The summed E-state index contributed by atoms with van der Waals surface area (Å²) in [6.45, 7) is 3.59. The highest BCUT2D eigenvalue weighted by atomic mass is 16.2. The summed E-state index contributed by atoms with van der Waals surface area (Å²) in [6, 6.07) is 13.2. The van der Waals surface area contributed by atoms with Crippen molar-refractivity contribution in [3.63, 3.8) is 0 Å². The van der Waals surface area contributed by atoms with E-state index in [2.05, 4.69) is 11.1 Å². The van der Waals surface area contributed by atoms with Gasteiger partial charge in [0.05, 0.1) is 0 Å². The Labute approximate surface area is 160 Å². The summed E-state index contributed by atoms with van der Waals surface area (Å²) in [7, 11) is 0. The molecule has 0 saturated carbocycles. The first-order chi connectivity index (χ1) is 13.1. The SMILES string of the molecule is CC1Cc2ccccc2N1C(=O)c1cccc(C(=O)N2CCCCCC2)n1. The van der Waals surface area contributed by atoms with Crippen LogP contribution in [0.5, 0.6) is 0 Å². The predicted molar refractivity (Wildman–Crippen MR) is 105 cm³/mol. The lowest BCUT2D eigenvalue weighted by Gasteiger charge is -2.23. The van der Waals surface area contributed by atoms with Crippen molar-refractivity contribution in [1.82, 2.24) is 9.88 Å². The van der Waals surface area contributed by atoms with Gasteiger partial charge in [-0.05, 0) is 49.9 Å². The van der Waals surface area contributed by atoms with Crippen LogP contribution in [0, 0.1) is 0 Å². The Kier molecular flexibility index (Phi) is 4.92. The number of fused-ring (bicyclic) bond motifs is 1. The molecule has 1 fully saturated rings. The lowest BCUT2D eigenvalue weighted by molar-refractivity contribution is 0.0755. The van der Waals surface area contributed by atoms with Crippen LogP contribution >= 0.6 is 0 Å². The summed E-state index contributed by atoms with van der Waals surface area (Å²) >= 11 is 0. The van der Waals surface area contributed by atoms with Gasteiger partial charge in [-0.1, -0.05) is 37.1 Å². The first-order valence-electron chi connectivity index (χ1n) is 9.83. The van der Waals surface area contributed by atoms with Crippen molar-refractivity contribution >= 4 is 17.5 Å². The molecule has 2 aliphatic heterocycles. The number of benzene rings is 1. The van der Waals surface area contributed by atoms with Gasteiger partial charge < -0.3 is 9.80 Å². The molecule has 0 aliphatic carbocycles. The zero-order valence-electron chi connectivity index (χ0n) is 15.7. The highest BCUT2D eigenvalue weighted by molar-refractivity contribution is 6.07. The van der Waals surface area contributed by atoms with Gasteiger partial charge in [-0.15, -0.1) is 0 Å². The van der Waals surface area contributed by atoms with E-state index in [9.17, 15) is 9.59 Å². The van der Waals surface area contributed by atoms with Crippen molar-refractivity contribution in [1.29, 1.82) is 0 Å². The summed E-state index contributed by atoms with van der Waals surface area (Å²) in [4.78, 5) is 34.1. The Balaban J connectivity index is 1.59. The number of nitrogens with zero attached hydrogens (tertiary/aromatic N) is 3. The number of carbonyl (C=O) groups excluding carboxylic acids is 2. The van der Waals surface area contributed by atoms with Crippen LogP contribution in [0.3, 0.4) is 0 Å². The summed E-state index contributed by atoms with van der Waals surface area (Å²) in [5.74, 6) is -0.209. The minimum Gasteiger partial charge on any atom is -0.337 e. The molecule has 4 rings (SSSR count). The minimum absolute atomic E-state index is 0.0681. The molecule has 2 aromatic rings. The summed E-state index contributed by atoms with van der Waals surface area (Å²) in [6.07, 6.45) is 5.25. The molecule has 0 radical (unpaired) electrons. The molecule has 2 aliphatic rings. The van der Waals surface area contributed by atoms with Gasteiger partial charge in [-0.25, -0.2) is 4.98 Å². The van der Waals surface area contributed by atoms with Crippen molar-refractivity contribution in [2.45, 2.75) is 45.1 Å². The smallest absolute Gasteiger partial charge is 0.277 e. The van der Waals surface area contributed by atoms with Gasteiger partial charge in [0.25, 0.3) is 11.8 Å². The molecule has 27 heavy (non-hydrogen) atoms. The molecular formula is C22H25N3O2. The van der Waals surface area contributed by atoms with E-state index in [-0.39, 0.29) is 17.9 Å². The first-order valence-corrected chi connectivity index (χ1v) is 9.83. The maximum Gasteiger partial charge on any atom is 0.277 e. The molecule has 1 aromatic heterocycles. The van der Waals surface area contributed by atoms with Gasteiger partial charge in [-0.3, -0.25) is 9.59 Å². The summed E-state index contributed by atoms with van der Waals surface area (Å²) in [5.41, 5.74) is 2.82. The highest BCUT2D eigenvalue weighted by Gasteiger charge is 2.32. The van der Waals surface area contributed by atoms with Crippen LogP contribution < -0.4 is 4.90 Å². The highest BCUT2D eigenvalue weighted by Crippen LogP contribution is 2.32. The van der Waals surface area contributed by atoms with Crippen LogP contribution in [0.4, 0.5) is 5.69 Å². The van der Waals surface area contributed by atoms with E-state index >= 15 is 0 Å². The summed E-state index contributed by atoms with van der Waals surface area (Å²) in [5, 5.41) is 0. The van der Waals surface area contributed by atoms with Gasteiger partial charge >= 0.3 is 0 Å². The second kappa shape index (κ2) is 7.51. The van der Waals surface area contributed by atoms with Crippen molar-refractivity contribution < 1.29 is 9.59 Å². The van der Waals surface area contributed by atoms with E-state index in [1.54, 1.807) is 23.1 Å². The molecule has 0 bridgehead atoms. The zero-order chi connectivity index (χ0) is 18.8. The average molecular weight is 363 g/mol. The van der Waals surface area contributed by atoms with Crippen LogP contribution in [0.1, 0.15) is 59.1 Å². The molecule has 140 valence electrons. The molecule has 1 atom stereocenters. The van der Waals surface area contributed by atoms with Crippen LogP contribution in [0.2, 0.25) is 0 Å². The van der Waals surface area contributed by atoms with Crippen molar-refractivity contribution in [2.75, 3.05) is 18.0 Å². The molecule has 5 nitrogen and oxygen atoms in total. The quantitative estimate of drug-likeness (QED) is 0.818. The third-order valence-corrected chi connectivity index (χ3v) is 5.51. The average Bonchev–Trinajstić information content (AvgIpc) is 2.86. The topological polar surface area (TPSA) is 53.5 Å². The molecule has 1 aromatic carbocycles. The van der Waals surface area contributed by atoms with Crippen LogP contribution in [0.15, 0.2) is 42.5 Å². The molecule has 2 amide bonds. The second-order valence-electron chi connectivity index (χ2n) is 7.47. The van der Waals surface area contributed by atoms with E-state index in [0.717, 1.165) is 38.0 Å². The monoisotopic (exact) mass is 363 g/mol. The van der Waals surface area contributed by atoms with Gasteiger partial charge in [0.1, 0.15) is 11.4 Å². The number of hydrogen-bond donors (Lipinski definition) is 0. The molecule has 0 N–H and O–H groups in total. The lowest BCUT2D eigenvalue weighted by atomic mass is 10.1. The number of hydrogen-bond acceptors (Lipinski definition) is 3. The number of pyridine rings is 1. The predicted octanol–water partition coefficient (Wildman–Crippen LogP) is 3.69. The van der Waals surface area contributed by atoms with Gasteiger partial charge in [0.15, 0.2) is 0 Å². The Morgan fingerprint density at radius 3 is 2.30 bits per heavy atom. The second-order valence-corrected chi connectivity index (χ2v) is 7.47. The number of amides is 2. The van der Waals surface area contributed by atoms with Crippen LogP contribution in [0.25, 0.3) is 0 Å². The van der Waals surface area contributed by atoms with Crippen molar-refractivity contribution in [2.24, 2.45) is 0 Å². The van der Waals surface area contributed by atoms with E-state index in [1.165, 1.54) is 18.4 Å². The minimum atomic E-state index is -0.141. The number of aromatic nitrogens is 1. The van der Waals surface area contributed by atoms with Crippen molar-refractivity contribution in [3.8, 4) is 0 Å². The molecule has 0 spiro atoms.